The van der Waals surface area contributed by atoms with E-state index in [4.69, 9.17) is 14.7 Å². The average Bonchev–Trinajstić information content (AvgIpc) is 2.69. The van der Waals surface area contributed by atoms with Crippen molar-refractivity contribution in [1.82, 2.24) is 9.97 Å². The van der Waals surface area contributed by atoms with E-state index in [1.54, 1.807) is 0 Å². The average molecular weight is 381 g/mol. The first-order valence-electron chi connectivity index (χ1n) is 11.2. The smallest absolute Gasteiger partial charge is 0.317 e. The van der Waals surface area contributed by atoms with Crippen LogP contribution in [0, 0.1) is 0 Å². The van der Waals surface area contributed by atoms with Gasteiger partial charge >= 0.3 is 6.01 Å². The van der Waals surface area contributed by atoms with E-state index in [1.807, 2.05) is 13.8 Å². The van der Waals surface area contributed by atoms with Crippen LogP contribution in [0.1, 0.15) is 101 Å². The molecule has 0 saturated heterocycles. The van der Waals surface area contributed by atoms with Crippen molar-refractivity contribution in [3.8, 4) is 6.01 Å². The maximum atomic E-state index is 5.94. The van der Waals surface area contributed by atoms with Crippen molar-refractivity contribution in [2.75, 3.05) is 0 Å². The van der Waals surface area contributed by atoms with E-state index in [1.165, 1.54) is 54.6 Å². The number of hydrogen-bond acceptors (Lipinski definition) is 3. The minimum absolute atomic E-state index is 0.100. The molecule has 0 atom stereocenters. The summed E-state index contributed by atoms with van der Waals surface area (Å²) in [5.74, 6) is 0.946. The standard InChI is InChI=1S/C25H36N2O/c1-18(2)23-22(17-11-14-20-12-7-5-8-13-20)24(21-15-9-6-10-16-21)27-25(26-23)28-19(3)4/h5,7-8,12-13,18-19,21H,6,9-11,14-17H2,1-4H3. The molecule has 1 aromatic carbocycles. The van der Waals surface area contributed by atoms with Gasteiger partial charge in [-0.05, 0) is 63.0 Å². The van der Waals surface area contributed by atoms with Gasteiger partial charge in [0.2, 0.25) is 0 Å². The zero-order valence-electron chi connectivity index (χ0n) is 18.1. The number of benzene rings is 1. The Hall–Kier alpha value is -1.90. The summed E-state index contributed by atoms with van der Waals surface area (Å²) in [6.45, 7) is 8.58. The van der Waals surface area contributed by atoms with Gasteiger partial charge in [0.1, 0.15) is 0 Å². The topological polar surface area (TPSA) is 35.0 Å². The van der Waals surface area contributed by atoms with E-state index in [0.717, 1.165) is 19.3 Å². The van der Waals surface area contributed by atoms with Crippen molar-refractivity contribution < 1.29 is 4.74 Å². The third kappa shape index (κ3) is 5.56. The first kappa shape index (κ1) is 20.8. The molecule has 1 aromatic heterocycles. The fourth-order valence-corrected chi connectivity index (χ4v) is 4.32. The first-order valence-corrected chi connectivity index (χ1v) is 11.2. The zero-order valence-corrected chi connectivity index (χ0v) is 18.1. The summed E-state index contributed by atoms with van der Waals surface area (Å²) >= 11 is 0. The second-order valence-corrected chi connectivity index (χ2v) is 8.75. The highest BCUT2D eigenvalue weighted by Gasteiger charge is 2.25. The number of aromatic nitrogens is 2. The van der Waals surface area contributed by atoms with Crippen LogP contribution in [0.2, 0.25) is 0 Å². The van der Waals surface area contributed by atoms with Gasteiger partial charge in [0, 0.05) is 5.92 Å². The molecule has 1 heterocycles. The van der Waals surface area contributed by atoms with Crippen molar-refractivity contribution in [3.05, 3.63) is 52.8 Å². The second-order valence-electron chi connectivity index (χ2n) is 8.75. The maximum Gasteiger partial charge on any atom is 0.317 e. The van der Waals surface area contributed by atoms with Crippen LogP contribution in [-0.2, 0) is 12.8 Å². The summed E-state index contributed by atoms with van der Waals surface area (Å²) in [5, 5.41) is 0. The highest BCUT2D eigenvalue weighted by atomic mass is 16.5. The van der Waals surface area contributed by atoms with Crippen molar-refractivity contribution in [2.45, 2.75) is 97.0 Å². The Morgan fingerprint density at radius 3 is 2.29 bits per heavy atom. The van der Waals surface area contributed by atoms with E-state index < -0.39 is 0 Å². The van der Waals surface area contributed by atoms with Gasteiger partial charge in [-0.15, -0.1) is 0 Å². The Kier molecular flexibility index (Phi) is 7.47. The van der Waals surface area contributed by atoms with Crippen LogP contribution in [0.3, 0.4) is 0 Å². The summed E-state index contributed by atoms with van der Waals surface area (Å²) in [4.78, 5) is 9.83. The van der Waals surface area contributed by atoms with Gasteiger partial charge in [-0.2, -0.15) is 9.97 Å². The lowest BCUT2D eigenvalue weighted by molar-refractivity contribution is 0.219. The summed E-state index contributed by atoms with van der Waals surface area (Å²) < 4.78 is 5.94. The largest absolute Gasteiger partial charge is 0.461 e. The van der Waals surface area contributed by atoms with Crippen LogP contribution < -0.4 is 4.74 Å². The number of aryl methyl sites for hydroxylation is 1. The molecule has 152 valence electrons. The predicted molar refractivity (Wildman–Crippen MR) is 116 cm³/mol. The van der Waals surface area contributed by atoms with Crippen LogP contribution in [0.5, 0.6) is 6.01 Å². The third-order valence-electron chi connectivity index (χ3n) is 5.67. The minimum Gasteiger partial charge on any atom is -0.461 e. The van der Waals surface area contributed by atoms with Crippen molar-refractivity contribution >= 4 is 0 Å². The van der Waals surface area contributed by atoms with Crippen LogP contribution in [0.15, 0.2) is 30.3 Å². The molecule has 0 radical (unpaired) electrons. The van der Waals surface area contributed by atoms with E-state index in [-0.39, 0.29) is 6.10 Å². The molecule has 0 N–H and O–H groups in total. The number of nitrogens with zero attached hydrogens (tertiary/aromatic N) is 2. The normalized spacial score (nSPS) is 15.4. The second kappa shape index (κ2) is 10.0. The maximum absolute atomic E-state index is 5.94. The summed E-state index contributed by atoms with van der Waals surface area (Å²) in [7, 11) is 0. The SMILES string of the molecule is CC(C)Oc1nc(C(C)C)c(CCCc2ccccc2)c(C2CCCCC2)n1. The molecule has 28 heavy (non-hydrogen) atoms. The molecule has 2 aromatic rings. The first-order chi connectivity index (χ1) is 13.5. The molecular weight excluding hydrogens is 344 g/mol. The Bertz CT molecular complexity index is 734. The van der Waals surface area contributed by atoms with Crippen LogP contribution >= 0.6 is 0 Å². The molecule has 0 amide bonds. The Morgan fingerprint density at radius 1 is 0.929 bits per heavy atom. The molecule has 0 aliphatic heterocycles. The third-order valence-corrected chi connectivity index (χ3v) is 5.67. The van der Waals surface area contributed by atoms with Gasteiger partial charge in [-0.25, -0.2) is 0 Å². The molecule has 1 aliphatic rings. The van der Waals surface area contributed by atoms with E-state index in [2.05, 4.69) is 44.2 Å². The quantitative estimate of drug-likeness (QED) is 0.517. The number of hydrogen-bond donors (Lipinski definition) is 0. The van der Waals surface area contributed by atoms with E-state index in [9.17, 15) is 0 Å². The molecule has 0 bridgehead atoms. The number of ether oxygens (including phenoxy) is 1. The van der Waals surface area contributed by atoms with Gasteiger partial charge in [0.25, 0.3) is 0 Å². The van der Waals surface area contributed by atoms with Crippen LogP contribution in [0.25, 0.3) is 0 Å². The highest BCUT2D eigenvalue weighted by molar-refractivity contribution is 5.33. The van der Waals surface area contributed by atoms with Crippen LogP contribution in [0.4, 0.5) is 0 Å². The Labute approximate surface area is 171 Å². The Morgan fingerprint density at radius 2 is 1.64 bits per heavy atom. The lowest BCUT2D eigenvalue weighted by atomic mass is 9.83. The molecule has 1 saturated carbocycles. The van der Waals surface area contributed by atoms with Gasteiger partial charge in [0.15, 0.2) is 0 Å². The van der Waals surface area contributed by atoms with Crippen molar-refractivity contribution in [2.24, 2.45) is 0 Å². The predicted octanol–water partition coefficient (Wildman–Crippen LogP) is 6.61. The fraction of sp³-hybridized carbons (Fsp3) is 0.600. The lowest BCUT2D eigenvalue weighted by Gasteiger charge is -2.26. The molecule has 0 unspecified atom stereocenters. The summed E-state index contributed by atoms with van der Waals surface area (Å²) in [6.07, 6.45) is 9.88. The van der Waals surface area contributed by atoms with Gasteiger partial charge in [-0.1, -0.05) is 63.4 Å². The highest BCUT2D eigenvalue weighted by Crippen LogP contribution is 2.37. The number of rotatable bonds is 8. The monoisotopic (exact) mass is 380 g/mol. The molecule has 1 aliphatic carbocycles. The molecule has 3 nitrogen and oxygen atoms in total. The molecule has 1 fully saturated rings. The zero-order chi connectivity index (χ0) is 19.9. The van der Waals surface area contributed by atoms with E-state index >= 15 is 0 Å². The van der Waals surface area contributed by atoms with Gasteiger partial charge in [-0.3, -0.25) is 0 Å². The van der Waals surface area contributed by atoms with Crippen LogP contribution in [-0.4, -0.2) is 16.1 Å². The van der Waals surface area contributed by atoms with E-state index in [0.29, 0.717) is 17.8 Å². The molecule has 3 heteroatoms. The fourth-order valence-electron chi connectivity index (χ4n) is 4.32. The minimum atomic E-state index is 0.100. The van der Waals surface area contributed by atoms with Gasteiger partial charge < -0.3 is 4.74 Å². The van der Waals surface area contributed by atoms with Crippen molar-refractivity contribution in [1.29, 1.82) is 0 Å². The Balaban J connectivity index is 1.89. The lowest BCUT2D eigenvalue weighted by Crippen LogP contribution is -2.17. The van der Waals surface area contributed by atoms with Gasteiger partial charge in [0.05, 0.1) is 17.5 Å². The summed E-state index contributed by atoms with van der Waals surface area (Å²) in [5.41, 5.74) is 5.28. The van der Waals surface area contributed by atoms with Crippen molar-refractivity contribution in [3.63, 3.8) is 0 Å². The summed E-state index contributed by atoms with van der Waals surface area (Å²) in [6, 6.07) is 11.4. The molecule has 0 spiro atoms. The molecule has 3 rings (SSSR count). The molecular formula is C25H36N2O.